The summed E-state index contributed by atoms with van der Waals surface area (Å²) in [5, 5.41) is 2.95. The number of nitrogens with zero attached hydrogens (tertiary/aromatic N) is 1. The van der Waals surface area contributed by atoms with Crippen molar-refractivity contribution in [2.24, 2.45) is 0 Å². The second kappa shape index (κ2) is 10.9. The Morgan fingerprint density at radius 2 is 1.76 bits per heavy atom. The number of likely N-dealkylation sites (N-methyl/N-ethyl adjacent to an activating group) is 1. The van der Waals surface area contributed by atoms with Crippen LogP contribution in [0.3, 0.4) is 0 Å². The molecule has 1 aromatic heterocycles. The van der Waals surface area contributed by atoms with Crippen LogP contribution in [0.4, 0.5) is 23.7 Å². The molecule has 1 aliphatic heterocycles. The largest absolute Gasteiger partial charge is 0.513 e. The number of rotatable bonds is 7. The van der Waals surface area contributed by atoms with Gasteiger partial charge in [0.1, 0.15) is 12.4 Å². The molecule has 0 amide bonds. The van der Waals surface area contributed by atoms with Gasteiger partial charge in [-0.2, -0.15) is 13.2 Å². The molecule has 10 heteroatoms. The molecule has 2 heterocycles. The molecule has 0 aliphatic carbocycles. The summed E-state index contributed by atoms with van der Waals surface area (Å²) < 4.78 is 52.4. The summed E-state index contributed by atoms with van der Waals surface area (Å²) in [6, 6.07) is 16.2. The molecule has 37 heavy (non-hydrogen) atoms. The molecule has 0 spiro atoms. The number of benzene rings is 2. The zero-order valence-corrected chi connectivity index (χ0v) is 20.3. The topological polar surface area (TPSA) is 83.7 Å². The first kappa shape index (κ1) is 26.0. The minimum atomic E-state index is -4.69. The fourth-order valence-electron chi connectivity index (χ4n) is 4.31. The number of allylic oxidation sites excluding steroid dienone is 2. The molecule has 2 N–H and O–H groups in total. The van der Waals surface area contributed by atoms with Crippen molar-refractivity contribution in [1.29, 1.82) is 0 Å². The van der Waals surface area contributed by atoms with E-state index < -0.39 is 29.4 Å². The van der Waals surface area contributed by atoms with Gasteiger partial charge < -0.3 is 19.8 Å². The van der Waals surface area contributed by atoms with Gasteiger partial charge in [0.15, 0.2) is 0 Å². The van der Waals surface area contributed by atoms with Crippen molar-refractivity contribution in [3.63, 3.8) is 0 Å². The maximum atomic E-state index is 13.9. The van der Waals surface area contributed by atoms with Gasteiger partial charge in [-0.05, 0) is 37.2 Å². The molecular formula is C27H26F3N3O4. The van der Waals surface area contributed by atoms with Gasteiger partial charge in [0.05, 0.1) is 22.7 Å². The number of fused-ring (bicyclic) bond motifs is 1. The third kappa shape index (κ3) is 6.03. The lowest BCUT2D eigenvalue weighted by molar-refractivity contribution is -0.138. The summed E-state index contributed by atoms with van der Waals surface area (Å²) in [6.07, 6.45) is -4.37. The number of anilines is 1. The Labute approximate surface area is 211 Å². The lowest BCUT2D eigenvalue weighted by Crippen LogP contribution is -2.30. The maximum absolute atomic E-state index is 13.9. The third-order valence-corrected chi connectivity index (χ3v) is 6.00. The number of alkyl halides is 3. The number of carbonyl (C=O) groups is 1. The Morgan fingerprint density at radius 1 is 1.05 bits per heavy atom. The number of aromatic nitrogens is 1. The monoisotopic (exact) mass is 513 g/mol. The molecule has 7 nitrogen and oxygen atoms in total. The summed E-state index contributed by atoms with van der Waals surface area (Å²) in [7, 11) is 1.87. The van der Waals surface area contributed by atoms with Crippen LogP contribution < -0.4 is 10.9 Å². The first-order valence-corrected chi connectivity index (χ1v) is 11.6. The van der Waals surface area contributed by atoms with E-state index in [1.807, 2.05) is 42.3 Å². The lowest BCUT2D eigenvalue weighted by atomic mass is 9.83. The van der Waals surface area contributed by atoms with Crippen molar-refractivity contribution < 1.29 is 27.4 Å². The van der Waals surface area contributed by atoms with Gasteiger partial charge in [-0.15, -0.1) is 0 Å². The molecule has 0 saturated heterocycles. The van der Waals surface area contributed by atoms with E-state index in [0.29, 0.717) is 24.5 Å². The van der Waals surface area contributed by atoms with E-state index in [-0.39, 0.29) is 23.5 Å². The van der Waals surface area contributed by atoms with Crippen LogP contribution in [0.2, 0.25) is 0 Å². The summed E-state index contributed by atoms with van der Waals surface area (Å²) in [5.74, 6) is -1.42. The average molecular weight is 514 g/mol. The van der Waals surface area contributed by atoms with Gasteiger partial charge in [-0.3, -0.25) is 9.69 Å². The van der Waals surface area contributed by atoms with Gasteiger partial charge in [-0.1, -0.05) is 48.5 Å². The van der Waals surface area contributed by atoms with Crippen molar-refractivity contribution in [1.82, 2.24) is 9.88 Å². The highest BCUT2D eigenvalue weighted by Gasteiger charge is 2.40. The number of pyridine rings is 1. The van der Waals surface area contributed by atoms with Crippen molar-refractivity contribution in [2.75, 3.05) is 25.5 Å². The molecule has 0 fully saturated rings. The molecule has 4 rings (SSSR count). The Bertz CT molecular complexity index is 1350. The molecule has 1 aliphatic rings. The first-order valence-electron chi connectivity index (χ1n) is 11.6. The van der Waals surface area contributed by atoms with Crippen LogP contribution in [0, 0.1) is 0 Å². The van der Waals surface area contributed by atoms with E-state index in [0.717, 1.165) is 11.6 Å². The number of hydrogen-bond acceptors (Lipinski definition) is 6. The fraction of sp³-hybridized carbons (Fsp3) is 0.259. The van der Waals surface area contributed by atoms with Gasteiger partial charge in [0, 0.05) is 25.0 Å². The van der Waals surface area contributed by atoms with Crippen LogP contribution >= 0.6 is 0 Å². The molecule has 0 bridgehead atoms. The molecule has 0 saturated carbocycles. The zero-order valence-electron chi connectivity index (χ0n) is 20.3. The Balaban J connectivity index is 1.56. The van der Waals surface area contributed by atoms with Crippen LogP contribution in [0.5, 0.6) is 0 Å². The van der Waals surface area contributed by atoms with Crippen LogP contribution in [0.1, 0.15) is 35.1 Å². The van der Waals surface area contributed by atoms with Crippen LogP contribution in [-0.4, -0.2) is 36.2 Å². The molecule has 3 aromatic rings. The minimum Gasteiger partial charge on any atom is -0.433 e. The molecule has 0 radical (unpaired) electrons. The third-order valence-electron chi connectivity index (χ3n) is 6.00. The summed E-state index contributed by atoms with van der Waals surface area (Å²) in [4.78, 5) is 29.8. The zero-order chi connectivity index (χ0) is 26.6. The van der Waals surface area contributed by atoms with Crippen LogP contribution in [0.15, 0.2) is 83.1 Å². The predicted octanol–water partition coefficient (Wildman–Crippen LogP) is 5.47. The fourth-order valence-corrected chi connectivity index (χ4v) is 4.31. The smallest absolute Gasteiger partial charge is 0.433 e. The highest BCUT2D eigenvalue weighted by molar-refractivity contribution is 5.68. The van der Waals surface area contributed by atoms with Gasteiger partial charge >= 0.3 is 12.3 Å². The Morgan fingerprint density at radius 3 is 2.49 bits per heavy atom. The Kier molecular flexibility index (Phi) is 7.68. The predicted molar refractivity (Wildman–Crippen MR) is 132 cm³/mol. The van der Waals surface area contributed by atoms with Gasteiger partial charge in [0.2, 0.25) is 0 Å². The van der Waals surface area contributed by atoms with Crippen LogP contribution in [-0.2, 0) is 22.2 Å². The van der Waals surface area contributed by atoms with E-state index in [9.17, 15) is 22.8 Å². The quantitative estimate of drug-likeness (QED) is 0.408. The molecule has 194 valence electrons. The van der Waals surface area contributed by atoms with Crippen molar-refractivity contribution >= 4 is 11.8 Å². The number of H-pyrrole nitrogens is 1. The first-order chi connectivity index (χ1) is 17.6. The number of hydrogen-bond donors (Lipinski definition) is 2. The van der Waals surface area contributed by atoms with Gasteiger partial charge in [0.25, 0.3) is 5.56 Å². The highest BCUT2D eigenvalue weighted by Crippen LogP contribution is 2.44. The second-order valence-corrected chi connectivity index (χ2v) is 8.69. The molecular weight excluding hydrogens is 487 g/mol. The van der Waals surface area contributed by atoms with E-state index in [4.69, 9.17) is 9.47 Å². The van der Waals surface area contributed by atoms with Gasteiger partial charge in [-0.25, -0.2) is 4.79 Å². The van der Waals surface area contributed by atoms with E-state index in [1.165, 1.54) is 24.4 Å². The standard InChI is InChI=1S/C27H26F3N3O4/c1-17-24(37-26(35)36-15-14-33(2)16-18-8-4-3-5-9-18)22(23-21(32-17)12-13-31-25(23)34)19-10-6-7-11-20(19)27(28,29)30/h3-13,22,32H,14-16H2,1-2H3,(H,31,34). The molecule has 1 unspecified atom stereocenters. The summed E-state index contributed by atoms with van der Waals surface area (Å²) in [5.41, 5.74) is -0.0202. The summed E-state index contributed by atoms with van der Waals surface area (Å²) in [6.45, 7) is 2.61. The van der Waals surface area contributed by atoms with E-state index >= 15 is 0 Å². The highest BCUT2D eigenvalue weighted by atomic mass is 19.4. The minimum absolute atomic E-state index is 0.00288. The normalized spacial score (nSPS) is 15.2. The molecule has 2 aromatic carbocycles. The SMILES string of the molecule is CC1=C(OC(=O)OCCN(C)Cc2ccccc2)C(c2ccccc2C(F)(F)F)c2c(cc[nH]c2=O)N1. The van der Waals surface area contributed by atoms with E-state index in [1.54, 1.807) is 13.0 Å². The van der Waals surface area contributed by atoms with Crippen molar-refractivity contribution in [3.8, 4) is 0 Å². The second-order valence-electron chi connectivity index (χ2n) is 8.69. The van der Waals surface area contributed by atoms with Crippen molar-refractivity contribution in [2.45, 2.75) is 25.6 Å². The number of nitrogens with one attached hydrogen (secondary N) is 2. The van der Waals surface area contributed by atoms with Crippen molar-refractivity contribution in [3.05, 3.63) is 111 Å². The number of halogens is 3. The molecule has 1 atom stereocenters. The summed E-state index contributed by atoms with van der Waals surface area (Å²) >= 11 is 0. The average Bonchev–Trinajstić information content (AvgIpc) is 2.85. The lowest BCUT2D eigenvalue weighted by Gasteiger charge is -2.30. The maximum Gasteiger partial charge on any atom is 0.513 e. The van der Waals surface area contributed by atoms with Crippen LogP contribution in [0.25, 0.3) is 0 Å². The number of ether oxygens (including phenoxy) is 2. The number of aromatic amines is 1. The number of carbonyl (C=O) groups excluding carboxylic acids is 1. The van der Waals surface area contributed by atoms with E-state index in [2.05, 4.69) is 10.3 Å². The Hall–Kier alpha value is -4.05.